The summed E-state index contributed by atoms with van der Waals surface area (Å²) >= 11 is 0. The highest BCUT2D eigenvalue weighted by Crippen LogP contribution is 2.13. The maximum absolute atomic E-state index is 12.3. The van der Waals surface area contributed by atoms with E-state index < -0.39 is 21.9 Å². The van der Waals surface area contributed by atoms with Gasteiger partial charge in [0.2, 0.25) is 11.8 Å². The zero-order valence-corrected chi connectivity index (χ0v) is 16.4. The highest BCUT2D eigenvalue weighted by atomic mass is 32.2. The molecule has 1 aromatic rings. The number of hydrogen-bond acceptors (Lipinski definition) is 7. The van der Waals surface area contributed by atoms with Crippen LogP contribution in [0.15, 0.2) is 24.5 Å². The number of rotatable bonds is 9. The molecule has 2 amide bonds. The van der Waals surface area contributed by atoms with Crippen LogP contribution in [0.5, 0.6) is 0 Å². The topological polar surface area (TPSA) is 118 Å². The van der Waals surface area contributed by atoms with Gasteiger partial charge in [-0.25, -0.2) is 8.42 Å². The summed E-state index contributed by atoms with van der Waals surface area (Å²) in [5, 5.41) is 5.43. The minimum Gasteiger partial charge on any atom is -0.384 e. The normalized spacial score (nSPS) is 21.1. The van der Waals surface area contributed by atoms with E-state index in [0.29, 0.717) is 6.54 Å². The summed E-state index contributed by atoms with van der Waals surface area (Å²) in [6.07, 6.45) is 3.51. The van der Waals surface area contributed by atoms with E-state index in [-0.39, 0.29) is 42.9 Å². The molecule has 0 aliphatic carbocycles. The van der Waals surface area contributed by atoms with Crippen LogP contribution >= 0.6 is 0 Å². The Bertz CT molecular complexity index is 741. The summed E-state index contributed by atoms with van der Waals surface area (Å²) in [6, 6.07) is 2.46. The van der Waals surface area contributed by atoms with Gasteiger partial charge in [0.05, 0.1) is 36.7 Å². The Labute approximate surface area is 159 Å². The number of methoxy groups -OCH3 is 1. The van der Waals surface area contributed by atoms with Crippen LogP contribution in [0, 0.1) is 0 Å². The zero-order chi connectivity index (χ0) is 19.9. The minimum atomic E-state index is -3.31. The van der Waals surface area contributed by atoms with Crippen molar-refractivity contribution < 1.29 is 22.7 Å². The van der Waals surface area contributed by atoms with Crippen molar-refractivity contribution in [2.45, 2.75) is 25.0 Å². The Hall–Kier alpha value is -2.04. The Kier molecular flexibility index (Phi) is 7.69. The van der Waals surface area contributed by atoms with Crippen LogP contribution < -0.4 is 10.6 Å². The number of aromatic nitrogens is 1. The molecule has 2 N–H and O–H groups in total. The molecule has 1 aliphatic rings. The van der Waals surface area contributed by atoms with Crippen molar-refractivity contribution in [3.63, 3.8) is 0 Å². The monoisotopic (exact) mass is 398 g/mol. The van der Waals surface area contributed by atoms with Crippen molar-refractivity contribution in [1.82, 2.24) is 20.5 Å². The second kappa shape index (κ2) is 9.77. The van der Waals surface area contributed by atoms with Crippen molar-refractivity contribution in [2.24, 2.45) is 0 Å². The van der Waals surface area contributed by atoms with E-state index in [0.717, 1.165) is 5.56 Å². The third kappa shape index (κ3) is 7.24. The van der Waals surface area contributed by atoms with Gasteiger partial charge in [0.1, 0.15) is 0 Å². The van der Waals surface area contributed by atoms with Crippen LogP contribution in [0.4, 0.5) is 0 Å². The van der Waals surface area contributed by atoms with E-state index in [1.54, 1.807) is 19.4 Å². The molecule has 0 saturated carbocycles. The zero-order valence-electron chi connectivity index (χ0n) is 15.6. The molecule has 2 rings (SSSR count). The first-order valence-electron chi connectivity index (χ1n) is 8.64. The van der Waals surface area contributed by atoms with Crippen LogP contribution in [0.2, 0.25) is 0 Å². The van der Waals surface area contributed by atoms with E-state index in [2.05, 4.69) is 15.6 Å². The number of amides is 2. The predicted molar refractivity (Wildman–Crippen MR) is 99.6 cm³/mol. The average molecular weight is 398 g/mol. The highest BCUT2D eigenvalue weighted by molar-refractivity contribution is 7.91. The fraction of sp³-hybridized carbons (Fsp3) is 0.588. The van der Waals surface area contributed by atoms with Gasteiger partial charge in [-0.1, -0.05) is 0 Å². The summed E-state index contributed by atoms with van der Waals surface area (Å²) in [5.74, 6) is -0.941. The van der Waals surface area contributed by atoms with Gasteiger partial charge in [0.15, 0.2) is 9.84 Å². The Balaban J connectivity index is 1.88. The number of ether oxygens (including phenoxy) is 1. The lowest BCUT2D eigenvalue weighted by Crippen LogP contribution is -2.52. The van der Waals surface area contributed by atoms with Crippen molar-refractivity contribution in [3.05, 3.63) is 30.1 Å². The lowest BCUT2D eigenvalue weighted by atomic mass is 10.1. The van der Waals surface area contributed by atoms with Crippen LogP contribution in [0.3, 0.4) is 0 Å². The van der Waals surface area contributed by atoms with Crippen molar-refractivity contribution in [1.29, 1.82) is 0 Å². The summed E-state index contributed by atoms with van der Waals surface area (Å²) in [4.78, 5) is 30.0. The largest absolute Gasteiger partial charge is 0.384 e. The molecule has 27 heavy (non-hydrogen) atoms. The fourth-order valence-electron chi connectivity index (χ4n) is 2.96. The van der Waals surface area contributed by atoms with Gasteiger partial charge in [-0.05, 0) is 24.7 Å². The quantitative estimate of drug-likeness (QED) is 0.545. The molecular weight excluding hydrogens is 372 g/mol. The third-order valence-electron chi connectivity index (χ3n) is 4.19. The lowest BCUT2D eigenvalue weighted by molar-refractivity contribution is -0.125. The van der Waals surface area contributed by atoms with Gasteiger partial charge in [0.25, 0.3) is 0 Å². The number of carbonyl (C=O) groups excluding carboxylic acids is 2. The Morgan fingerprint density at radius 1 is 1.19 bits per heavy atom. The number of nitrogens with zero attached hydrogens (tertiary/aromatic N) is 2. The second-order valence-electron chi connectivity index (χ2n) is 6.70. The maximum atomic E-state index is 12.3. The second-order valence-corrected chi connectivity index (χ2v) is 8.85. The SMILES string of the molecule is COCCC(=O)N[C@@H]1CS(=O)(=O)C[C@H]1NC(=O)CN(C)Cc1ccncc1. The third-order valence-corrected chi connectivity index (χ3v) is 5.93. The Morgan fingerprint density at radius 2 is 1.78 bits per heavy atom. The van der Waals surface area contributed by atoms with Gasteiger partial charge in [-0.2, -0.15) is 0 Å². The molecule has 0 aromatic carbocycles. The number of sulfone groups is 1. The van der Waals surface area contributed by atoms with Crippen molar-refractivity contribution in [2.75, 3.05) is 38.8 Å². The minimum absolute atomic E-state index is 0.114. The first-order chi connectivity index (χ1) is 12.8. The number of likely N-dealkylation sites (N-methyl/N-ethyl adjacent to an activating group) is 1. The molecule has 0 radical (unpaired) electrons. The van der Waals surface area contributed by atoms with E-state index in [9.17, 15) is 18.0 Å². The molecule has 2 atom stereocenters. The highest BCUT2D eigenvalue weighted by Gasteiger charge is 2.39. The number of nitrogens with one attached hydrogen (secondary N) is 2. The van der Waals surface area contributed by atoms with Crippen molar-refractivity contribution in [3.8, 4) is 0 Å². The molecule has 2 heterocycles. The van der Waals surface area contributed by atoms with Crippen LogP contribution in [0.1, 0.15) is 12.0 Å². The standard InChI is InChI=1S/C17H26N4O5S/c1-21(9-13-3-6-18-7-4-13)10-17(23)20-15-12-27(24,25)11-14(15)19-16(22)5-8-26-2/h3-4,6-7,14-15H,5,8-12H2,1-2H3,(H,19,22)(H,20,23)/t14-,15-/m1/s1. The predicted octanol–water partition coefficient (Wildman–Crippen LogP) is -1.05. The van der Waals surface area contributed by atoms with Gasteiger partial charge < -0.3 is 15.4 Å². The van der Waals surface area contributed by atoms with E-state index in [4.69, 9.17) is 4.74 Å². The smallest absolute Gasteiger partial charge is 0.234 e. The molecule has 0 bridgehead atoms. The van der Waals surface area contributed by atoms with E-state index in [1.807, 2.05) is 17.0 Å². The molecule has 1 saturated heterocycles. The molecule has 10 heteroatoms. The van der Waals surface area contributed by atoms with Crippen LogP contribution in [-0.2, 0) is 30.7 Å². The molecule has 150 valence electrons. The first kappa shape index (κ1) is 21.3. The van der Waals surface area contributed by atoms with Gasteiger partial charge >= 0.3 is 0 Å². The Morgan fingerprint density at radius 3 is 2.37 bits per heavy atom. The molecule has 1 aliphatic heterocycles. The molecule has 1 fully saturated rings. The van der Waals surface area contributed by atoms with E-state index >= 15 is 0 Å². The van der Waals surface area contributed by atoms with Gasteiger partial charge in [-0.3, -0.25) is 19.5 Å². The van der Waals surface area contributed by atoms with Crippen molar-refractivity contribution >= 4 is 21.7 Å². The molecule has 0 spiro atoms. The van der Waals surface area contributed by atoms with Gasteiger partial charge in [0, 0.05) is 32.5 Å². The lowest BCUT2D eigenvalue weighted by Gasteiger charge is -2.22. The van der Waals surface area contributed by atoms with E-state index in [1.165, 1.54) is 7.11 Å². The molecule has 0 unspecified atom stereocenters. The molecule has 9 nitrogen and oxygen atoms in total. The number of pyridine rings is 1. The van der Waals surface area contributed by atoms with Crippen LogP contribution in [-0.4, -0.2) is 81.0 Å². The summed E-state index contributed by atoms with van der Waals surface area (Å²) in [5.41, 5.74) is 1.02. The van der Waals surface area contributed by atoms with Gasteiger partial charge in [-0.15, -0.1) is 0 Å². The summed E-state index contributed by atoms with van der Waals surface area (Å²) in [7, 11) is -0.0287. The van der Waals surface area contributed by atoms with Crippen LogP contribution in [0.25, 0.3) is 0 Å². The average Bonchev–Trinajstić information content (AvgIpc) is 2.86. The first-order valence-corrected chi connectivity index (χ1v) is 10.5. The maximum Gasteiger partial charge on any atom is 0.234 e. The fourth-order valence-corrected chi connectivity index (χ4v) is 4.82. The number of carbonyl (C=O) groups is 2. The summed E-state index contributed by atoms with van der Waals surface area (Å²) < 4.78 is 28.7. The number of hydrogen-bond donors (Lipinski definition) is 2. The molecular formula is C17H26N4O5S. The molecule has 1 aromatic heterocycles. The summed E-state index contributed by atoms with van der Waals surface area (Å²) in [6.45, 7) is 0.932.